The van der Waals surface area contributed by atoms with Gasteiger partial charge in [0.05, 0.1) is 10.5 Å². The number of nitrogens with one attached hydrogen (secondary N) is 1. The van der Waals surface area contributed by atoms with Crippen molar-refractivity contribution in [2.45, 2.75) is 4.90 Å². The van der Waals surface area contributed by atoms with Gasteiger partial charge in [-0.25, -0.2) is 18.4 Å². The molecule has 0 aromatic heterocycles. The van der Waals surface area contributed by atoms with Crippen molar-refractivity contribution >= 4 is 22.6 Å². The highest BCUT2D eigenvalue weighted by Gasteiger charge is 2.11. The van der Waals surface area contributed by atoms with Crippen LogP contribution in [0.1, 0.15) is 10.4 Å². The molecule has 0 atom stereocenters. The summed E-state index contributed by atoms with van der Waals surface area (Å²) < 4.78 is 21.7. The summed E-state index contributed by atoms with van der Waals surface area (Å²) in [4.78, 5) is 13.2. The summed E-state index contributed by atoms with van der Waals surface area (Å²) >= 11 is 0. The third-order valence-corrected chi connectivity index (χ3v) is 2.53. The first-order chi connectivity index (χ1) is 6.45. The maximum atomic E-state index is 11.0. The van der Waals surface area contributed by atoms with E-state index in [1.807, 2.05) is 0 Å². The van der Waals surface area contributed by atoms with E-state index in [1.165, 1.54) is 24.3 Å². The predicted molar refractivity (Wildman–Crippen MR) is 50.2 cm³/mol. The van der Waals surface area contributed by atoms with E-state index in [9.17, 15) is 13.2 Å². The van der Waals surface area contributed by atoms with Crippen LogP contribution in [0, 0.1) is 0 Å². The van der Waals surface area contributed by atoms with E-state index in [1.54, 1.807) is 0 Å². The van der Waals surface area contributed by atoms with Gasteiger partial charge in [0.2, 0.25) is 10.0 Å². The summed E-state index contributed by atoms with van der Waals surface area (Å²) in [6, 6.07) is 5.25. The SMILES string of the molecule is C=[NH+]C(=O)c1ccc(S(N)(=O)=O)cc1. The Balaban J connectivity index is 3.13. The van der Waals surface area contributed by atoms with Gasteiger partial charge in [-0.3, -0.25) is 0 Å². The molecule has 1 amide bonds. The van der Waals surface area contributed by atoms with Crippen LogP contribution in [-0.2, 0) is 10.0 Å². The fraction of sp³-hybridized carbons (Fsp3) is 0. The van der Waals surface area contributed by atoms with E-state index in [4.69, 9.17) is 5.14 Å². The first-order valence-corrected chi connectivity index (χ1v) is 5.20. The van der Waals surface area contributed by atoms with Crippen LogP contribution in [0.4, 0.5) is 0 Å². The molecule has 0 aliphatic carbocycles. The van der Waals surface area contributed by atoms with Gasteiger partial charge in [0.1, 0.15) is 6.72 Å². The molecule has 0 aliphatic heterocycles. The van der Waals surface area contributed by atoms with Crippen LogP contribution in [-0.4, -0.2) is 21.0 Å². The summed E-state index contributed by atoms with van der Waals surface area (Å²) in [5.74, 6) is -0.383. The van der Waals surface area contributed by atoms with Crippen molar-refractivity contribution < 1.29 is 18.2 Å². The number of rotatable bonds is 2. The number of hydrogen-bond acceptors (Lipinski definition) is 3. The number of carbonyl (C=O) groups is 1. The van der Waals surface area contributed by atoms with Crippen LogP contribution in [0.5, 0.6) is 0 Å². The summed E-state index contributed by atoms with van der Waals surface area (Å²) in [6.45, 7) is 3.19. The topological polar surface area (TPSA) is 91.2 Å². The van der Waals surface area contributed by atoms with Crippen LogP contribution in [0.3, 0.4) is 0 Å². The summed E-state index contributed by atoms with van der Waals surface area (Å²) in [5, 5.41) is 4.87. The zero-order valence-corrected chi connectivity index (χ0v) is 8.04. The molecule has 14 heavy (non-hydrogen) atoms. The maximum absolute atomic E-state index is 11.0. The van der Waals surface area contributed by atoms with E-state index < -0.39 is 10.0 Å². The predicted octanol–water partition coefficient (Wildman–Crippen LogP) is -1.74. The number of nitrogens with two attached hydrogens (primary N) is 1. The highest BCUT2D eigenvalue weighted by Crippen LogP contribution is 2.07. The first-order valence-electron chi connectivity index (χ1n) is 3.65. The number of benzene rings is 1. The Morgan fingerprint density at radius 1 is 1.29 bits per heavy atom. The van der Waals surface area contributed by atoms with Gasteiger partial charge in [0, 0.05) is 0 Å². The number of sulfonamides is 1. The molecule has 0 saturated heterocycles. The molecule has 0 aliphatic rings. The van der Waals surface area contributed by atoms with Gasteiger partial charge in [-0.15, -0.1) is 0 Å². The van der Waals surface area contributed by atoms with E-state index in [-0.39, 0.29) is 10.8 Å². The molecule has 6 heteroatoms. The maximum Gasteiger partial charge on any atom is 0.417 e. The van der Waals surface area contributed by atoms with E-state index in [0.29, 0.717) is 5.56 Å². The Kier molecular flexibility index (Phi) is 2.78. The quantitative estimate of drug-likeness (QED) is 0.571. The van der Waals surface area contributed by atoms with E-state index in [0.717, 1.165) is 0 Å². The van der Waals surface area contributed by atoms with E-state index in [2.05, 4.69) is 11.7 Å². The third kappa shape index (κ3) is 2.24. The Bertz CT molecular complexity index is 462. The summed E-state index contributed by atoms with van der Waals surface area (Å²) in [7, 11) is -3.70. The van der Waals surface area contributed by atoms with Gasteiger partial charge in [-0.1, -0.05) is 0 Å². The second-order valence-corrected chi connectivity index (χ2v) is 4.14. The Labute approximate surface area is 81.3 Å². The molecule has 0 unspecified atom stereocenters. The summed E-state index contributed by atoms with van der Waals surface area (Å²) in [6.07, 6.45) is 0. The molecule has 5 nitrogen and oxygen atoms in total. The Hall–Kier alpha value is -1.53. The minimum Gasteiger partial charge on any atom is -0.225 e. The Morgan fingerprint density at radius 2 is 1.79 bits per heavy atom. The molecule has 0 heterocycles. The zero-order chi connectivity index (χ0) is 10.8. The van der Waals surface area contributed by atoms with Crippen LogP contribution in [0.2, 0.25) is 0 Å². The lowest BCUT2D eigenvalue weighted by Gasteiger charge is -1.96. The van der Waals surface area contributed by atoms with Crippen molar-refractivity contribution in [3.05, 3.63) is 29.8 Å². The largest absolute Gasteiger partial charge is 0.417 e. The lowest BCUT2D eigenvalue weighted by Crippen LogP contribution is -2.71. The van der Waals surface area contributed by atoms with Gasteiger partial charge < -0.3 is 0 Å². The standard InChI is InChI=1S/C8H8N2O3S/c1-10-8(11)6-2-4-7(5-3-6)14(9,12)13/h2-5H,1H2,(H2,9,12,13)/p+1. The molecule has 0 bridgehead atoms. The number of primary sulfonamides is 1. The van der Waals surface area contributed by atoms with Crippen LogP contribution >= 0.6 is 0 Å². The number of carbonyl (C=O) groups excluding carboxylic acids is 1. The lowest BCUT2D eigenvalue weighted by molar-refractivity contribution is -0.334. The van der Waals surface area contributed by atoms with Crippen LogP contribution < -0.4 is 10.1 Å². The fourth-order valence-electron chi connectivity index (χ4n) is 0.898. The van der Waals surface area contributed by atoms with Crippen molar-refractivity contribution in [1.29, 1.82) is 0 Å². The van der Waals surface area contributed by atoms with Crippen molar-refractivity contribution in [3.8, 4) is 0 Å². The molecule has 0 saturated carbocycles. The van der Waals surface area contributed by atoms with Crippen molar-refractivity contribution in [2.75, 3.05) is 0 Å². The molecule has 0 fully saturated rings. The highest BCUT2D eigenvalue weighted by atomic mass is 32.2. The normalized spacial score (nSPS) is 10.9. The smallest absolute Gasteiger partial charge is 0.225 e. The molecule has 1 aromatic carbocycles. The van der Waals surface area contributed by atoms with Crippen LogP contribution in [0.15, 0.2) is 29.2 Å². The average Bonchev–Trinajstić information content (AvgIpc) is 2.15. The average molecular weight is 213 g/mol. The monoisotopic (exact) mass is 213 g/mol. The molecule has 3 N–H and O–H groups in total. The molecule has 1 rings (SSSR count). The molecule has 74 valence electrons. The third-order valence-electron chi connectivity index (χ3n) is 1.61. The second kappa shape index (κ2) is 3.69. The molecular formula is C8H9N2O3S+. The van der Waals surface area contributed by atoms with Crippen molar-refractivity contribution in [2.24, 2.45) is 5.14 Å². The van der Waals surface area contributed by atoms with Gasteiger partial charge in [0.15, 0.2) is 0 Å². The highest BCUT2D eigenvalue weighted by molar-refractivity contribution is 7.89. The van der Waals surface area contributed by atoms with Gasteiger partial charge >= 0.3 is 5.91 Å². The van der Waals surface area contributed by atoms with Gasteiger partial charge in [-0.05, 0) is 24.3 Å². The molecule has 1 aromatic rings. The van der Waals surface area contributed by atoms with Crippen molar-refractivity contribution in [1.82, 2.24) is 0 Å². The number of amides is 1. The van der Waals surface area contributed by atoms with Crippen LogP contribution in [0.25, 0.3) is 0 Å². The molecule has 0 radical (unpaired) electrons. The number of hydrogen-bond donors (Lipinski definition) is 2. The molecular weight excluding hydrogens is 204 g/mol. The first kappa shape index (κ1) is 10.6. The van der Waals surface area contributed by atoms with E-state index >= 15 is 0 Å². The Morgan fingerprint density at radius 3 is 2.14 bits per heavy atom. The lowest BCUT2D eigenvalue weighted by atomic mass is 10.2. The van der Waals surface area contributed by atoms with Gasteiger partial charge in [-0.2, -0.15) is 4.99 Å². The fourth-order valence-corrected chi connectivity index (χ4v) is 1.41. The van der Waals surface area contributed by atoms with Crippen molar-refractivity contribution in [3.63, 3.8) is 0 Å². The minimum atomic E-state index is -3.70. The molecule has 0 spiro atoms. The summed E-state index contributed by atoms with van der Waals surface area (Å²) in [5.41, 5.74) is 0.326. The van der Waals surface area contributed by atoms with Gasteiger partial charge in [0.25, 0.3) is 0 Å². The zero-order valence-electron chi connectivity index (χ0n) is 7.23. The minimum absolute atomic E-state index is 0.0295. The second-order valence-electron chi connectivity index (χ2n) is 2.58.